The monoisotopic (exact) mass is 240 g/mol. The maximum absolute atomic E-state index is 13.3. The average molecular weight is 240 g/mol. The van der Waals surface area contributed by atoms with Gasteiger partial charge in [-0.2, -0.15) is 0 Å². The molecule has 2 N–H and O–H groups in total. The standard InChI is InChI=1S/C13H18F2N2/c14-12-2-1-3-13(15)11(12)6-7-16-8-9-17-10-4-5-10/h1-3,10,16-17H,4-9H2. The Morgan fingerprint density at radius 3 is 2.41 bits per heavy atom. The molecule has 1 aromatic rings. The van der Waals surface area contributed by atoms with Crippen LogP contribution in [0.25, 0.3) is 0 Å². The lowest BCUT2D eigenvalue weighted by Gasteiger charge is -2.07. The SMILES string of the molecule is Fc1cccc(F)c1CCNCCNC1CC1. The second kappa shape index (κ2) is 6.07. The first kappa shape index (κ1) is 12.5. The van der Waals surface area contributed by atoms with Crippen molar-refractivity contribution in [1.29, 1.82) is 0 Å². The predicted octanol–water partition coefficient (Wildman–Crippen LogP) is 1.85. The van der Waals surface area contributed by atoms with Crippen LogP contribution in [0.2, 0.25) is 0 Å². The highest BCUT2D eigenvalue weighted by atomic mass is 19.1. The van der Waals surface area contributed by atoms with Crippen molar-refractivity contribution in [3.63, 3.8) is 0 Å². The normalized spacial score (nSPS) is 15.2. The number of halogens is 2. The largest absolute Gasteiger partial charge is 0.315 e. The molecule has 0 radical (unpaired) electrons. The Hall–Kier alpha value is -1.00. The van der Waals surface area contributed by atoms with E-state index in [1.54, 1.807) is 0 Å². The summed E-state index contributed by atoms with van der Waals surface area (Å²) >= 11 is 0. The first-order valence-corrected chi connectivity index (χ1v) is 6.14. The average Bonchev–Trinajstić information content (AvgIpc) is 3.10. The van der Waals surface area contributed by atoms with Crippen LogP contribution in [-0.4, -0.2) is 25.7 Å². The summed E-state index contributed by atoms with van der Waals surface area (Å²) in [6.07, 6.45) is 2.95. The molecule has 0 heterocycles. The molecule has 0 amide bonds. The third-order valence-electron chi connectivity index (χ3n) is 2.93. The lowest BCUT2D eigenvalue weighted by Crippen LogP contribution is -2.29. The van der Waals surface area contributed by atoms with Crippen LogP contribution in [-0.2, 0) is 6.42 Å². The van der Waals surface area contributed by atoms with Crippen LogP contribution in [0.1, 0.15) is 18.4 Å². The van der Waals surface area contributed by atoms with Crippen molar-refractivity contribution >= 4 is 0 Å². The molecule has 1 saturated carbocycles. The van der Waals surface area contributed by atoms with Gasteiger partial charge in [-0.05, 0) is 37.9 Å². The third kappa shape index (κ3) is 4.06. The first-order valence-electron chi connectivity index (χ1n) is 6.14. The number of rotatable bonds is 7. The van der Waals surface area contributed by atoms with Crippen LogP contribution in [0.3, 0.4) is 0 Å². The van der Waals surface area contributed by atoms with Crippen molar-refractivity contribution in [2.24, 2.45) is 0 Å². The molecule has 94 valence electrons. The van der Waals surface area contributed by atoms with Gasteiger partial charge in [0.1, 0.15) is 11.6 Å². The van der Waals surface area contributed by atoms with Gasteiger partial charge in [0.2, 0.25) is 0 Å². The van der Waals surface area contributed by atoms with Crippen molar-refractivity contribution in [3.05, 3.63) is 35.4 Å². The Morgan fingerprint density at radius 1 is 1.06 bits per heavy atom. The summed E-state index contributed by atoms with van der Waals surface area (Å²) in [5.41, 5.74) is 0.176. The highest BCUT2D eigenvalue weighted by Crippen LogP contribution is 2.17. The molecular weight excluding hydrogens is 222 g/mol. The van der Waals surface area contributed by atoms with Crippen molar-refractivity contribution in [2.75, 3.05) is 19.6 Å². The molecule has 17 heavy (non-hydrogen) atoms. The predicted molar refractivity (Wildman–Crippen MR) is 64.0 cm³/mol. The van der Waals surface area contributed by atoms with E-state index in [0.29, 0.717) is 19.0 Å². The fourth-order valence-electron chi connectivity index (χ4n) is 1.76. The molecule has 1 aliphatic carbocycles. The number of hydrogen-bond acceptors (Lipinski definition) is 2. The fraction of sp³-hybridized carbons (Fsp3) is 0.538. The van der Waals surface area contributed by atoms with Crippen LogP contribution in [0, 0.1) is 11.6 Å². The zero-order valence-electron chi connectivity index (χ0n) is 9.81. The first-order chi connectivity index (χ1) is 8.27. The summed E-state index contributed by atoms with van der Waals surface area (Å²) in [6.45, 7) is 2.36. The van der Waals surface area contributed by atoms with Crippen molar-refractivity contribution < 1.29 is 8.78 Å². The number of hydrogen-bond donors (Lipinski definition) is 2. The van der Waals surface area contributed by atoms with E-state index in [0.717, 1.165) is 13.1 Å². The molecule has 0 bridgehead atoms. The highest BCUT2D eigenvalue weighted by Gasteiger charge is 2.19. The zero-order chi connectivity index (χ0) is 12.1. The molecule has 4 heteroatoms. The molecule has 2 nitrogen and oxygen atoms in total. The van der Waals surface area contributed by atoms with E-state index >= 15 is 0 Å². The van der Waals surface area contributed by atoms with Gasteiger partial charge in [0.15, 0.2) is 0 Å². The summed E-state index contributed by atoms with van der Waals surface area (Å²) in [6, 6.07) is 4.70. The van der Waals surface area contributed by atoms with Crippen molar-refractivity contribution in [1.82, 2.24) is 10.6 Å². The summed E-state index contributed by atoms with van der Waals surface area (Å²) in [4.78, 5) is 0. The maximum Gasteiger partial charge on any atom is 0.129 e. The lowest BCUT2D eigenvalue weighted by molar-refractivity contribution is 0.542. The summed E-state index contributed by atoms with van der Waals surface area (Å²) in [5.74, 6) is -0.911. The van der Waals surface area contributed by atoms with E-state index in [-0.39, 0.29) is 5.56 Å². The van der Waals surface area contributed by atoms with Crippen molar-refractivity contribution in [2.45, 2.75) is 25.3 Å². The van der Waals surface area contributed by atoms with Crippen LogP contribution in [0.5, 0.6) is 0 Å². The molecule has 1 fully saturated rings. The molecule has 2 rings (SSSR count). The third-order valence-corrected chi connectivity index (χ3v) is 2.93. The molecule has 0 aliphatic heterocycles. The minimum absolute atomic E-state index is 0.176. The van der Waals surface area contributed by atoms with E-state index in [2.05, 4.69) is 10.6 Å². The summed E-state index contributed by atoms with van der Waals surface area (Å²) in [7, 11) is 0. The van der Waals surface area contributed by atoms with Crippen molar-refractivity contribution in [3.8, 4) is 0 Å². The van der Waals surface area contributed by atoms with Crippen LogP contribution in [0.15, 0.2) is 18.2 Å². The second-order valence-electron chi connectivity index (χ2n) is 4.43. The second-order valence-corrected chi connectivity index (χ2v) is 4.43. The molecule has 0 aromatic heterocycles. The minimum atomic E-state index is -0.456. The minimum Gasteiger partial charge on any atom is -0.315 e. The lowest BCUT2D eigenvalue weighted by atomic mass is 10.1. The van der Waals surface area contributed by atoms with Gasteiger partial charge in [-0.25, -0.2) is 8.78 Å². The van der Waals surface area contributed by atoms with Gasteiger partial charge in [0.25, 0.3) is 0 Å². The van der Waals surface area contributed by atoms with Crippen LogP contribution >= 0.6 is 0 Å². The van der Waals surface area contributed by atoms with Gasteiger partial charge in [-0.15, -0.1) is 0 Å². The Kier molecular flexibility index (Phi) is 4.45. The van der Waals surface area contributed by atoms with E-state index in [1.807, 2.05) is 0 Å². The zero-order valence-corrected chi connectivity index (χ0v) is 9.81. The molecule has 0 spiro atoms. The Balaban J connectivity index is 1.63. The molecule has 0 unspecified atom stereocenters. The maximum atomic E-state index is 13.3. The van der Waals surface area contributed by atoms with Crippen LogP contribution < -0.4 is 10.6 Å². The fourth-order valence-corrected chi connectivity index (χ4v) is 1.76. The number of benzene rings is 1. The summed E-state index contributed by atoms with van der Waals surface area (Å²) in [5, 5.41) is 6.54. The Bertz CT molecular complexity index is 344. The van der Waals surface area contributed by atoms with Gasteiger partial charge >= 0.3 is 0 Å². The quantitative estimate of drug-likeness (QED) is 0.711. The van der Waals surface area contributed by atoms with E-state index < -0.39 is 11.6 Å². The van der Waals surface area contributed by atoms with E-state index in [4.69, 9.17) is 0 Å². The Labute approximate surface area is 100 Å². The molecule has 1 aliphatic rings. The Morgan fingerprint density at radius 2 is 1.76 bits per heavy atom. The van der Waals surface area contributed by atoms with Gasteiger partial charge < -0.3 is 10.6 Å². The van der Waals surface area contributed by atoms with E-state index in [9.17, 15) is 8.78 Å². The van der Waals surface area contributed by atoms with Gasteiger partial charge in [-0.1, -0.05) is 6.07 Å². The smallest absolute Gasteiger partial charge is 0.129 e. The topological polar surface area (TPSA) is 24.1 Å². The molecule has 1 aromatic carbocycles. The van der Waals surface area contributed by atoms with Gasteiger partial charge in [0, 0.05) is 24.7 Å². The molecule has 0 atom stereocenters. The molecular formula is C13H18F2N2. The highest BCUT2D eigenvalue weighted by molar-refractivity contribution is 5.19. The van der Waals surface area contributed by atoms with Gasteiger partial charge in [-0.3, -0.25) is 0 Å². The van der Waals surface area contributed by atoms with Crippen LogP contribution in [0.4, 0.5) is 8.78 Å². The van der Waals surface area contributed by atoms with E-state index in [1.165, 1.54) is 31.0 Å². The number of nitrogens with one attached hydrogen (secondary N) is 2. The van der Waals surface area contributed by atoms with Gasteiger partial charge in [0.05, 0.1) is 0 Å². The molecule has 0 saturated heterocycles. The summed E-state index contributed by atoms with van der Waals surface area (Å²) < 4.78 is 26.5.